The molecule has 1 N–H and O–H groups in total. The Kier molecular flexibility index (Phi) is 6.52. The van der Waals surface area contributed by atoms with Crippen molar-refractivity contribution in [3.63, 3.8) is 0 Å². The third kappa shape index (κ3) is 5.09. The highest BCUT2D eigenvalue weighted by Gasteiger charge is 2.20. The Morgan fingerprint density at radius 3 is 2.52 bits per heavy atom. The first-order valence-electron chi connectivity index (χ1n) is 9.46. The van der Waals surface area contributed by atoms with E-state index in [0.29, 0.717) is 12.3 Å². The van der Waals surface area contributed by atoms with Gasteiger partial charge in [-0.15, -0.1) is 0 Å². The second kappa shape index (κ2) is 8.87. The molecule has 0 bridgehead atoms. The summed E-state index contributed by atoms with van der Waals surface area (Å²) < 4.78 is 33.1. The number of sulfonamides is 1. The van der Waals surface area contributed by atoms with E-state index in [1.54, 1.807) is 19.2 Å². The molecule has 2 aromatic carbocycles. The molecule has 2 aromatic rings. The molecule has 1 heterocycles. The van der Waals surface area contributed by atoms with Crippen LogP contribution in [0.5, 0.6) is 0 Å². The highest BCUT2D eigenvalue weighted by atomic mass is 32.2. The molecule has 1 aliphatic rings. The van der Waals surface area contributed by atoms with E-state index in [9.17, 15) is 8.42 Å². The van der Waals surface area contributed by atoms with Crippen molar-refractivity contribution in [1.29, 1.82) is 0 Å². The zero-order chi connectivity index (χ0) is 19.3. The number of nitrogens with one attached hydrogen (secondary N) is 1. The lowest BCUT2D eigenvalue weighted by Gasteiger charge is -2.13. The van der Waals surface area contributed by atoms with Crippen LogP contribution in [-0.2, 0) is 34.3 Å². The molecule has 0 aromatic heterocycles. The number of nitrogens with zero attached hydrogens (tertiary/aromatic N) is 1. The highest BCUT2D eigenvalue weighted by molar-refractivity contribution is 7.92. The molecule has 0 radical (unpaired) electrons. The number of methoxy groups -OCH3 is 1. The fourth-order valence-electron chi connectivity index (χ4n) is 3.34. The Morgan fingerprint density at radius 1 is 1.07 bits per heavy atom. The number of anilines is 1. The van der Waals surface area contributed by atoms with Crippen molar-refractivity contribution in [2.75, 3.05) is 25.0 Å². The smallest absolute Gasteiger partial charge is 0.261 e. The average molecular weight is 389 g/mol. The van der Waals surface area contributed by atoms with Gasteiger partial charge >= 0.3 is 0 Å². The van der Waals surface area contributed by atoms with Gasteiger partial charge < -0.3 is 4.74 Å². The summed E-state index contributed by atoms with van der Waals surface area (Å²) in [7, 11) is -1.94. The number of benzene rings is 2. The van der Waals surface area contributed by atoms with Gasteiger partial charge in [0.15, 0.2) is 0 Å². The molecule has 0 amide bonds. The van der Waals surface area contributed by atoms with Crippen LogP contribution in [0.2, 0.25) is 0 Å². The lowest BCUT2D eigenvalue weighted by atomic mass is 10.1. The van der Waals surface area contributed by atoms with Gasteiger partial charge in [-0.2, -0.15) is 0 Å². The predicted molar refractivity (Wildman–Crippen MR) is 108 cm³/mol. The Bertz CT molecular complexity index is 863. The molecular formula is C21H28N2O3S. The van der Waals surface area contributed by atoms with Crippen molar-refractivity contribution in [2.45, 2.75) is 44.2 Å². The zero-order valence-electron chi connectivity index (χ0n) is 16.1. The Hall–Kier alpha value is -1.89. The topological polar surface area (TPSA) is 58.6 Å². The number of fused-ring (bicyclic) bond motifs is 1. The van der Waals surface area contributed by atoms with Crippen LogP contribution in [0.1, 0.15) is 36.5 Å². The molecule has 0 spiro atoms. The van der Waals surface area contributed by atoms with Crippen LogP contribution in [0, 0.1) is 0 Å². The maximum atomic E-state index is 12.7. The first-order chi connectivity index (χ1) is 13.0. The van der Waals surface area contributed by atoms with Gasteiger partial charge in [-0.25, -0.2) is 8.42 Å². The van der Waals surface area contributed by atoms with Crippen LogP contribution in [-0.4, -0.2) is 33.6 Å². The Labute approximate surface area is 162 Å². The normalized spacial score (nSPS) is 14.3. The predicted octanol–water partition coefficient (Wildman–Crippen LogP) is 3.79. The minimum atomic E-state index is -3.59. The van der Waals surface area contributed by atoms with Crippen LogP contribution in [0.15, 0.2) is 47.4 Å². The fraction of sp³-hybridized carbons (Fsp3) is 0.429. The van der Waals surface area contributed by atoms with Crippen LogP contribution in [0.25, 0.3) is 0 Å². The van der Waals surface area contributed by atoms with Crippen molar-refractivity contribution >= 4 is 15.7 Å². The molecule has 0 atom stereocenters. The first-order valence-corrected chi connectivity index (χ1v) is 10.9. The number of unbranched alkanes of at least 4 members (excludes halogenated alkanes) is 1. The van der Waals surface area contributed by atoms with Crippen LogP contribution >= 0.6 is 0 Å². The van der Waals surface area contributed by atoms with Gasteiger partial charge in [-0.3, -0.25) is 9.62 Å². The van der Waals surface area contributed by atoms with E-state index in [0.717, 1.165) is 31.6 Å². The summed E-state index contributed by atoms with van der Waals surface area (Å²) in [6, 6.07) is 12.8. The fourth-order valence-corrected chi connectivity index (χ4v) is 4.39. The summed E-state index contributed by atoms with van der Waals surface area (Å²) in [5.41, 5.74) is 4.17. The minimum absolute atomic E-state index is 0.272. The van der Waals surface area contributed by atoms with Gasteiger partial charge in [0.25, 0.3) is 10.0 Å². The first kappa shape index (κ1) is 19.9. The monoisotopic (exact) mass is 388 g/mol. The summed E-state index contributed by atoms with van der Waals surface area (Å²) in [6.07, 6.45) is 3.14. The third-order valence-corrected chi connectivity index (χ3v) is 6.30. The average Bonchev–Trinajstić information content (AvgIpc) is 3.06. The molecule has 0 aliphatic carbocycles. The molecule has 27 heavy (non-hydrogen) atoms. The van der Waals surface area contributed by atoms with Gasteiger partial charge in [-0.05, 0) is 60.3 Å². The summed E-state index contributed by atoms with van der Waals surface area (Å²) in [5.74, 6) is 0. The lowest BCUT2D eigenvalue weighted by Crippen LogP contribution is -2.17. The van der Waals surface area contributed by atoms with E-state index < -0.39 is 10.0 Å². The number of rotatable bonds is 9. The van der Waals surface area contributed by atoms with Gasteiger partial charge in [-0.1, -0.05) is 31.5 Å². The van der Waals surface area contributed by atoms with Crippen LogP contribution in [0.4, 0.5) is 5.69 Å². The van der Waals surface area contributed by atoms with Gasteiger partial charge in [0, 0.05) is 25.9 Å². The van der Waals surface area contributed by atoms with E-state index >= 15 is 0 Å². The molecule has 0 unspecified atom stereocenters. The lowest BCUT2D eigenvalue weighted by molar-refractivity contribution is 0.202. The van der Waals surface area contributed by atoms with Crippen molar-refractivity contribution < 1.29 is 13.2 Å². The Morgan fingerprint density at radius 2 is 1.81 bits per heavy atom. The molecule has 6 heteroatoms. The molecule has 0 saturated carbocycles. The second-order valence-corrected chi connectivity index (χ2v) is 8.72. The molecule has 0 saturated heterocycles. The minimum Gasteiger partial charge on any atom is -0.384 e. The molecular weight excluding hydrogens is 360 g/mol. The van der Waals surface area contributed by atoms with E-state index in [4.69, 9.17) is 4.74 Å². The number of hydrogen-bond donors (Lipinski definition) is 1. The summed E-state index contributed by atoms with van der Waals surface area (Å²) >= 11 is 0. The van der Waals surface area contributed by atoms with E-state index in [-0.39, 0.29) is 4.90 Å². The standard InChI is InChI=1S/C21H28N2O3S/c1-3-4-12-23-15-18-7-8-20(14-19(18)16-23)22-27(24,25)21-9-5-17(6-10-21)11-13-26-2/h5-10,14,22H,3-4,11-13,15-16H2,1-2H3. The maximum absolute atomic E-state index is 12.7. The van der Waals surface area contributed by atoms with Crippen LogP contribution in [0.3, 0.4) is 0 Å². The maximum Gasteiger partial charge on any atom is 0.261 e. The quantitative estimate of drug-likeness (QED) is 0.710. The largest absolute Gasteiger partial charge is 0.384 e. The molecule has 0 fully saturated rings. The Balaban J connectivity index is 1.68. The van der Waals surface area contributed by atoms with Gasteiger partial charge in [0.05, 0.1) is 11.5 Å². The number of hydrogen-bond acceptors (Lipinski definition) is 4. The van der Waals surface area contributed by atoms with E-state index in [2.05, 4.69) is 16.5 Å². The van der Waals surface area contributed by atoms with E-state index in [1.807, 2.05) is 30.3 Å². The molecule has 146 valence electrons. The van der Waals surface area contributed by atoms with Crippen molar-refractivity contribution in [3.8, 4) is 0 Å². The summed E-state index contributed by atoms with van der Waals surface area (Å²) in [4.78, 5) is 2.68. The van der Waals surface area contributed by atoms with Crippen LogP contribution < -0.4 is 4.72 Å². The highest BCUT2D eigenvalue weighted by Crippen LogP contribution is 2.27. The van der Waals surface area contributed by atoms with Gasteiger partial charge in [0.1, 0.15) is 0 Å². The summed E-state index contributed by atoms with van der Waals surface area (Å²) in [5, 5.41) is 0. The zero-order valence-corrected chi connectivity index (χ0v) is 16.9. The van der Waals surface area contributed by atoms with Crippen molar-refractivity contribution in [2.24, 2.45) is 0 Å². The molecule has 1 aliphatic heterocycles. The SMILES string of the molecule is CCCCN1Cc2ccc(NS(=O)(=O)c3ccc(CCOC)cc3)cc2C1. The third-order valence-electron chi connectivity index (χ3n) is 4.90. The molecule has 3 rings (SSSR count). The van der Waals surface area contributed by atoms with Crippen molar-refractivity contribution in [3.05, 3.63) is 59.2 Å². The van der Waals surface area contributed by atoms with Gasteiger partial charge in [0.2, 0.25) is 0 Å². The van der Waals surface area contributed by atoms with E-state index in [1.165, 1.54) is 24.0 Å². The second-order valence-electron chi connectivity index (χ2n) is 7.04. The molecule has 5 nitrogen and oxygen atoms in total. The summed E-state index contributed by atoms with van der Waals surface area (Å²) in [6.45, 7) is 5.74. The number of ether oxygens (including phenoxy) is 1. The van der Waals surface area contributed by atoms with Crippen molar-refractivity contribution in [1.82, 2.24) is 4.90 Å².